The summed E-state index contributed by atoms with van der Waals surface area (Å²) < 4.78 is 0. The Hall–Kier alpha value is -1.56. The van der Waals surface area contributed by atoms with Crippen molar-refractivity contribution >= 4 is 11.9 Å². The highest BCUT2D eigenvalue weighted by Gasteiger charge is 2.14. The van der Waals surface area contributed by atoms with Gasteiger partial charge in [-0.2, -0.15) is 0 Å². The van der Waals surface area contributed by atoms with Crippen molar-refractivity contribution in [1.29, 1.82) is 0 Å². The first kappa shape index (κ1) is 13.4. The second-order valence-corrected chi connectivity index (χ2v) is 3.25. The van der Waals surface area contributed by atoms with Gasteiger partial charge in [0.2, 0.25) is 0 Å². The summed E-state index contributed by atoms with van der Waals surface area (Å²) >= 11 is 0. The molecule has 0 aromatic carbocycles. The average molecular weight is 214 g/mol. The molecule has 0 aliphatic rings. The number of aliphatic carboxylic acids is 1. The van der Waals surface area contributed by atoms with E-state index in [1.165, 1.54) is 0 Å². The summed E-state index contributed by atoms with van der Waals surface area (Å²) in [7, 11) is 0. The van der Waals surface area contributed by atoms with Gasteiger partial charge in [0.1, 0.15) is 6.04 Å². The predicted molar refractivity (Wildman–Crippen MR) is 59.3 cm³/mol. The minimum Gasteiger partial charge on any atom is -0.480 e. The molecule has 0 aliphatic heterocycles. The molecule has 86 valence electrons. The van der Waals surface area contributed by atoms with Crippen LogP contribution in [0.5, 0.6) is 0 Å². The largest absolute Gasteiger partial charge is 0.480 e. The summed E-state index contributed by atoms with van der Waals surface area (Å²) in [5.41, 5.74) is 15.8. The number of carboxylic acid groups (broad SMARTS) is 1. The molecule has 15 heavy (non-hydrogen) atoms. The smallest absolute Gasteiger partial charge is 0.320 e. The van der Waals surface area contributed by atoms with Crippen LogP contribution >= 0.6 is 0 Å². The fourth-order valence-corrected chi connectivity index (χ4v) is 1.13. The molecule has 0 amide bonds. The van der Waals surface area contributed by atoms with Crippen molar-refractivity contribution < 1.29 is 9.90 Å². The Labute approximate surface area is 88.8 Å². The van der Waals surface area contributed by atoms with Gasteiger partial charge in [0, 0.05) is 0 Å². The van der Waals surface area contributed by atoms with Crippen molar-refractivity contribution in [3.63, 3.8) is 0 Å². The molecule has 0 aromatic heterocycles. The predicted octanol–water partition coefficient (Wildman–Crippen LogP) is -0.603. The number of nitrogens with two attached hydrogens (primary N) is 3. The number of nitrogens with zero attached hydrogens (tertiary/aromatic N) is 1. The van der Waals surface area contributed by atoms with Crippen molar-refractivity contribution in [2.75, 3.05) is 0 Å². The van der Waals surface area contributed by atoms with Gasteiger partial charge >= 0.3 is 5.97 Å². The van der Waals surface area contributed by atoms with Gasteiger partial charge in [0.25, 0.3) is 0 Å². The third-order valence-corrected chi connectivity index (χ3v) is 1.90. The number of carboxylic acids is 1. The van der Waals surface area contributed by atoms with E-state index in [0.717, 1.165) is 0 Å². The van der Waals surface area contributed by atoms with Crippen molar-refractivity contribution in [3.8, 4) is 0 Å². The van der Waals surface area contributed by atoms with Gasteiger partial charge in [-0.05, 0) is 19.3 Å². The molecular weight excluding hydrogens is 196 g/mol. The summed E-state index contributed by atoms with van der Waals surface area (Å²) in [6.45, 7) is 3.57. The first-order chi connectivity index (χ1) is 6.97. The third kappa shape index (κ3) is 6.50. The maximum Gasteiger partial charge on any atom is 0.320 e. The summed E-state index contributed by atoms with van der Waals surface area (Å²) in [4.78, 5) is 14.4. The third-order valence-electron chi connectivity index (χ3n) is 1.90. The summed E-state index contributed by atoms with van der Waals surface area (Å²) in [6.07, 6.45) is 3.15. The zero-order valence-electron chi connectivity index (χ0n) is 8.60. The summed E-state index contributed by atoms with van der Waals surface area (Å²) in [5, 5.41) is 8.58. The van der Waals surface area contributed by atoms with Gasteiger partial charge in [0.15, 0.2) is 5.96 Å². The molecule has 7 N–H and O–H groups in total. The van der Waals surface area contributed by atoms with E-state index >= 15 is 0 Å². The fraction of sp³-hybridized carbons (Fsp3) is 0.556. The molecule has 6 heteroatoms. The number of carbonyl (C=O) groups is 1. The highest BCUT2D eigenvalue weighted by atomic mass is 16.4. The van der Waals surface area contributed by atoms with E-state index in [0.29, 0.717) is 19.3 Å². The quantitative estimate of drug-likeness (QED) is 0.255. The van der Waals surface area contributed by atoms with Crippen LogP contribution in [0.15, 0.2) is 17.6 Å². The van der Waals surface area contributed by atoms with E-state index in [1.54, 1.807) is 6.08 Å². The molecule has 0 fully saturated rings. The van der Waals surface area contributed by atoms with Crippen LogP contribution in [0.1, 0.15) is 19.3 Å². The molecule has 6 nitrogen and oxygen atoms in total. The lowest BCUT2D eigenvalue weighted by atomic mass is 10.0. The second-order valence-electron chi connectivity index (χ2n) is 3.25. The SMILES string of the molecule is C=CCC(CCC(N)C(=O)O)N=C(N)N. The Bertz CT molecular complexity index is 248. The molecule has 0 spiro atoms. The van der Waals surface area contributed by atoms with Gasteiger partial charge in [-0.3, -0.25) is 4.79 Å². The van der Waals surface area contributed by atoms with E-state index in [2.05, 4.69) is 11.6 Å². The van der Waals surface area contributed by atoms with Crippen LogP contribution in [0.2, 0.25) is 0 Å². The highest BCUT2D eigenvalue weighted by molar-refractivity contribution is 5.76. The molecule has 2 unspecified atom stereocenters. The van der Waals surface area contributed by atoms with Crippen molar-refractivity contribution in [3.05, 3.63) is 12.7 Å². The van der Waals surface area contributed by atoms with Crippen LogP contribution in [0.25, 0.3) is 0 Å². The maximum atomic E-state index is 10.5. The number of hydrogen-bond donors (Lipinski definition) is 4. The monoisotopic (exact) mass is 214 g/mol. The van der Waals surface area contributed by atoms with E-state index < -0.39 is 12.0 Å². The topological polar surface area (TPSA) is 128 Å². The number of aliphatic imine (C=N–C) groups is 1. The molecule has 0 saturated heterocycles. The van der Waals surface area contributed by atoms with Crippen LogP contribution in [-0.2, 0) is 4.79 Å². The maximum absolute atomic E-state index is 10.5. The number of guanidine groups is 1. The van der Waals surface area contributed by atoms with Crippen LogP contribution < -0.4 is 17.2 Å². The average Bonchev–Trinajstić information content (AvgIpc) is 2.13. The molecule has 2 atom stereocenters. The van der Waals surface area contributed by atoms with Gasteiger partial charge in [-0.1, -0.05) is 6.08 Å². The Morgan fingerprint density at radius 3 is 2.47 bits per heavy atom. The lowest BCUT2D eigenvalue weighted by Gasteiger charge is -2.12. The van der Waals surface area contributed by atoms with Crippen LogP contribution in [0.3, 0.4) is 0 Å². The second kappa shape index (κ2) is 6.83. The highest BCUT2D eigenvalue weighted by Crippen LogP contribution is 2.08. The zero-order chi connectivity index (χ0) is 11.8. The minimum atomic E-state index is -1.02. The first-order valence-electron chi connectivity index (χ1n) is 4.65. The molecular formula is C9H18N4O2. The lowest BCUT2D eigenvalue weighted by Crippen LogP contribution is -2.31. The van der Waals surface area contributed by atoms with Gasteiger partial charge in [-0.25, -0.2) is 4.99 Å². The van der Waals surface area contributed by atoms with E-state index in [1.807, 2.05) is 0 Å². The first-order valence-corrected chi connectivity index (χ1v) is 4.65. The Balaban J connectivity index is 4.12. The van der Waals surface area contributed by atoms with Crippen LogP contribution in [-0.4, -0.2) is 29.1 Å². The fourth-order valence-electron chi connectivity index (χ4n) is 1.13. The molecule has 0 heterocycles. The number of rotatable bonds is 7. The molecule has 0 bridgehead atoms. The van der Waals surface area contributed by atoms with E-state index in [-0.39, 0.29) is 12.0 Å². The molecule has 0 rings (SSSR count). The van der Waals surface area contributed by atoms with Crippen molar-refractivity contribution in [2.24, 2.45) is 22.2 Å². The molecule has 0 aliphatic carbocycles. The van der Waals surface area contributed by atoms with Crippen molar-refractivity contribution in [2.45, 2.75) is 31.3 Å². The Morgan fingerprint density at radius 1 is 1.47 bits per heavy atom. The van der Waals surface area contributed by atoms with Crippen molar-refractivity contribution in [1.82, 2.24) is 0 Å². The Morgan fingerprint density at radius 2 is 2.07 bits per heavy atom. The molecule has 0 saturated carbocycles. The van der Waals surface area contributed by atoms with Gasteiger partial charge in [0.05, 0.1) is 6.04 Å². The lowest BCUT2D eigenvalue weighted by molar-refractivity contribution is -0.138. The van der Waals surface area contributed by atoms with Gasteiger partial charge < -0.3 is 22.3 Å². The molecule has 0 radical (unpaired) electrons. The summed E-state index contributed by atoms with van der Waals surface area (Å²) in [6, 6.07) is -1.01. The van der Waals surface area contributed by atoms with Crippen LogP contribution in [0.4, 0.5) is 0 Å². The van der Waals surface area contributed by atoms with Crippen LogP contribution in [0, 0.1) is 0 Å². The van der Waals surface area contributed by atoms with E-state index in [4.69, 9.17) is 22.3 Å². The van der Waals surface area contributed by atoms with Gasteiger partial charge in [-0.15, -0.1) is 6.58 Å². The number of hydrogen-bond acceptors (Lipinski definition) is 3. The zero-order valence-corrected chi connectivity index (χ0v) is 8.60. The molecule has 0 aromatic rings. The van der Waals surface area contributed by atoms with E-state index in [9.17, 15) is 4.79 Å². The standard InChI is InChI=1S/C9H18N4O2/c1-2-3-6(13-9(11)12)4-5-7(10)8(14)15/h2,6-7H,1,3-5,10H2,(H,14,15)(H4,11,12,13). The minimum absolute atomic E-state index is 0.00857. The Kier molecular flexibility index (Phi) is 6.12. The normalized spacial score (nSPS) is 13.9. The summed E-state index contributed by atoms with van der Waals surface area (Å²) in [5.74, 6) is -1.03.